The zero-order valence-electron chi connectivity index (χ0n) is 13.4. The second-order valence-corrected chi connectivity index (χ2v) is 8.44. The van der Waals surface area contributed by atoms with Crippen LogP contribution in [-0.4, -0.2) is 28.7 Å². The van der Waals surface area contributed by atoms with E-state index >= 15 is 0 Å². The molecular weight excluding hydrogens is 276 g/mol. The molecule has 0 saturated heterocycles. The number of carbonyl (C=O) groups is 1. The van der Waals surface area contributed by atoms with Crippen molar-refractivity contribution < 1.29 is 15.0 Å². The number of aliphatic hydroxyl groups excluding tert-OH is 2. The van der Waals surface area contributed by atoms with Gasteiger partial charge >= 0.3 is 0 Å². The van der Waals surface area contributed by atoms with Gasteiger partial charge in [0, 0.05) is 5.92 Å². The zero-order chi connectivity index (χ0) is 15.5. The van der Waals surface area contributed by atoms with Crippen LogP contribution in [0.3, 0.4) is 0 Å². The number of aliphatic hydroxyl groups is 2. The summed E-state index contributed by atoms with van der Waals surface area (Å²) in [6.07, 6.45) is 10.4. The van der Waals surface area contributed by atoms with Crippen LogP contribution in [0.4, 0.5) is 0 Å². The highest BCUT2D eigenvalue weighted by Gasteiger charge is 2.57. The predicted molar refractivity (Wildman–Crippen MR) is 84.0 cm³/mol. The molecule has 3 nitrogen and oxygen atoms in total. The Balaban J connectivity index is 1.62. The molecule has 0 aliphatic heterocycles. The van der Waals surface area contributed by atoms with Crippen LogP contribution in [0.2, 0.25) is 0 Å². The summed E-state index contributed by atoms with van der Waals surface area (Å²) in [5.74, 6) is 2.78. The Hall–Kier alpha value is -0.670. The van der Waals surface area contributed by atoms with Gasteiger partial charge in [-0.15, -0.1) is 0 Å². The van der Waals surface area contributed by atoms with Crippen molar-refractivity contribution in [1.82, 2.24) is 0 Å². The van der Waals surface area contributed by atoms with Crippen molar-refractivity contribution in [2.75, 3.05) is 6.61 Å². The van der Waals surface area contributed by atoms with E-state index in [1.165, 1.54) is 19.3 Å². The Labute approximate surface area is 132 Å². The average molecular weight is 304 g/mol. The molecule has 0 amide bonds. The molecule has 0 radical (unpaired) electrons. The first-order valence-electron chi connectivity index (χ1n) is 9.07. The lowest BCUT2D eigenvalue weighted by Gasteiger charge is -2.55. The number of allylic oxidation sites excluding steroid dienone is 2. The van der Waals surface area contributed by atoms with E-state index in [0.29, 0.717) is 29.6 Å². The summed E-state index contributed by atoms with van der Waals surface area (Å²) in [4.78, 5) is 12.0. The first-order valence-corrected chi connectivity index (χ1v) is 9.07. The zero-order valence-corrected chi connectivity index (χ0v) is 13.4. The second kappa shape index (κ2) is 5.17. The molecule has 4 unspecified atom stereocenters. The maximum atomic E-state index is 12.0. The van der Waals surface area contributed by atoms with Crippen LogP contribution in [-0.2, 0) is 4.79 Å². The molecule has 122 valence electrons. The van der Waals surface area contributed by atoms with Gasteiger partial charge in [-0.25, -0.2) is 0 Å². The fraction of sp³-hybridized carbons (Fsp3) is 0.842. The minimum atomic E-state index is -0.168. The van der Waals surface area contributed by atoms with Crippen molar-refractivity contribution >= 4 is 5.78 Å². The Bertz CT molecular complexity index is 499. The Kier molecular flexibility index (Phi) is 3.50. The van der Waals surface area contributed by atoms with E-state index in [-0.39, 0.29) is 29.8 Å². The number of ketones is 1. The highest BCUT2D eigenvalue weighted by atomic mass is 16.3. The molecule has 0 spiro atoms. The molecule has 3 heteroatoms. The van der Waals surface area contributed by atoms with Gasteiger partial charge in [-0.2, -0.15) is 0 Å². The van der Waals surface area contributed by atoms with Gasteiger partial charge in [0.05, 0.1) is 12.7 Å². The normalized spacial score (nSPS) is 53.8. The van der Waals surface area contributed by atoms with Crippen LogP contribution < -0.4 is 0 Å². The van der Waals surface area contributed by atoms with Gasteiger partial charge < -0.3 is 10.2 Å². The second-order valence-electron chi connectivity index (χ2n) is 8.44. The number of carbonyl (C=O) groups excluding carboxylic acids is 1. The van der Waals surface area contributed by atoms with Crippen molar-refractivity contribution in [2.45, 2.75) is 51.6 Å². The highest BCUT2D eigenvalue weighted by Crippen LogP contribution is 2.62. The van der Waals surface area contributed by atoms with Gasteiger partial charge in [-0.3, -0.25) is 4.79 Å². The summed E-state index contributed by atoms with van der Waals surface area (Å²) in [6, 6.07) is 0. The van der Waals surface area contributed by atoms with E-state index in [4.69, 9.17) is 0 Å². The monoisotopic (exact) mass is 304 g/mol. The number of hydrogen-bond acceptors (Lipinski definition) is 3. The third kappa shape index (κ3) is 1.91. The van der Waals surface area contributed by atoms with Crippen LogP contribution in [0.5, 0.6) is 0 Å². The standard InChI is InChI=1S/C19H28O3/c1-19-9-8-13-11-4-6-17(21)15(10-20)12(11)2-3-14(13)16(19)5-7-18(19)22/h4,6,11-16,18,20,22H,2-3,5,7-10H2,1H3/t11-,12+,13?,14?,15?,16?,18-,19-/m0/s1. The fourth-order valence-corrected chi connectivity index (χ4v) is 6.60. The molecule has 0 heterocycles. The smallest absolute Gasteiger partial charge is 0.161 e. The molecule has 3 saturated carbocycles. The van der Waals surface area contributed by atoms with Crippen molar-refractivity contribution in [3.63, 3.8) is 0 Å². The third-order valence-electron chi connectivity index (χ3n) is 7.83. The molecule has 8 atom stereocenters. The third-order valence-corrected chi connectivity index (χ3v) is 7.83. The lowest BCUT2D eigenvalue weighted by molar-refractivity contribution is -0.127. The Morgan fingerprint density at radius 3 is 2.68 bits per heavy atom. The quantitative estimate of drug-likeness (QED) is 0.783. The molecule has 3 fully saturated rings. The SMILES string of the molecule is C[C@]12CCC3C(CC[C@H]4C(CO)C(=O)C=C[C@H]34)C1CC[C@@H]2O. The van der Waals surface area contributed by atoms with E-state index < -0.39 is 0 Å². The number of fused-ring (bicyclic) bond motifs is 5. The van der Waals surface area contributed by atoms with Gasteiger partial charge in [-0.05, 0) is 79.6 Å². The maximum absolute atomic E-state index is 12.0. The number of hydrogen-bond donors (Lipinski definition) is 2. The van der Waals surface area contributed by atoms with Crippen LogP contribution >= 0.6 is 0 Å². The lowest BCUT2D eigenvalue weighted by atomic mass is 9.50. The van der Waals surface area contributed by atoms with Crippen molar-refractivity contribution in [2.24, 2.45) is 40.9 Å². The minimum Gasteiger partial charge on any atom is -0.396 e. The van der Waals surface area contributed by atoms with E-state index in [1.807, 2.05) is 0 Å². The van der Waals surface area contributed by atoms with Crippen LogP contribution in [0.15, 0.2) is 12.2 Å². The van der Waals surface area contributed by atoms with Gasteiger partial charge in [0.2, 0.25) is 0 Å². The van der Waals surface area contributed by atoms with E-state index in [1.54, 1.807) is 6.08 Å². The van der Waals surface area contributed by atoms with Crippen LogP contribution in [0.1, 0.15) is 45.4 Å². The molecule has 22 heavy (non-hydrogen) atoms. The van der Waals surface area contributed by atoms with E-state index in [0.717, 1.165) is 19.3 Å². The summed E-state index contributed by atoms with van der Waals surface area (Å²) < 4.78 is 0. The number of rotatable bonds is 1. The molecule has 4 rings (SSSR count). The minimum absolute atomic E-state index is 0.00157. The molecule has 4 aliphatic carbocycles. The predicted octanol–water partition coefficient (Wildman–Crippen LogP) is 2.56. The summed E-state index contributed by atoms with van der Waals surface area (Å²) in [6.45, 7) is 2.30. The molecular formula is C19H28O3. The molecule has 4 aliphatic rings. The van der Waals surface area contributed by atoms with Gasteiger partial charge in [0.15, 0.2) is 5.78 Å². The summed E-state index contributed by atoms with van der Waals surface area (Å²) in [5.41, 5.74) is 0.124. The first kappa shape index (κ1) is 14.9. The van der Waals surface area contributed by atoms with Crippen molar-refractivity contribution in [3.05, 3.63) is 12.2 Å². The Morgan fingerprint density at radius 1 is 1.14 bits per heavy atom. The van der Waals surface area contributed by atoms with Crippen LogP contribution in [0.25, 0.3) is 0 Å². The summed E-state index contributed by atoms with van der Waals surface area (Å²) in [7, 11) is 0. The lowest BCUT2D eigenvalue weighted by Crippen LogP contribution is -2.50. The molecule has 0 aromatic carbocycles. The van der Waals surface area contributed by atoms with Gasteiger partial charge in [0.1, 0.15) is 0 Å². The molecule has 0 aromatic heterocycles. The summed E-state index contributed by atoms with van der Waals surface area (Å²) >= 11 is 0. The van der Waals surface area contributed by atoms with Crippen molar-refractivity contribution in [1.29, 1.82) is 0 Å². The fourth-order valence-electron chi connectivity index (χ4n) is 6.60. The summed E-state index contributed by atoms with van der Waals surface area (Å²) in [5, 5.41) is 20.1. The molecule has 0 aromatic rings. The van der Waals surface area contributed by atoms with Crippen LogP contribution in [0, 0.1) is 40.9 Å². The molecule has 0 bridgehead atoms. The Morgan fingerprint density at radius 2 is 1.91 bits per heavy atom. The van der Waals surface area contributed by atoms with E-state index in [2.05, 4.69) is 13.0 Å². The van der Waals surface area contributed by atoms with Crippen molar-refractivity contribution in [3.8, 4) is 0 Å². The maximum Gasteiger partial charge on any atom is 0.161 e. The van der Waals surface area contributed by atoms with Gasteiger partial charge in [-0.1, -0.05) is 13.0 Å². The largest absolute Gasteiger partial charge is 0.396 e. The van der Waals surface area contributed by atoms with Gasteiger partial charge in [0.25, 0.3) is 0 Å². The topological polar surface area (TPSA) is 57.5 Å². The molecule has 2 N–H and O–H groups in total. The van der Waals surface area contributed by atoms with E-state index in [9.17, 15) is 15.0 Å². The first-order chi connectivity index (χ1) is 10.6. The average Bonchev–Trinajstić information content (AvgIpc) is 2.82. The highest BCUT2D eigenvalue weighted by molar-refractivity contribution is 5.93.